The number of fused-ring (bicyclic) bond motifs is 3. The van der Waals surface area contributed by atoms with Gasteiger partial charge in [-0.15, -0.1) is 0 Å². The summed E-state index contributed by atoms with van der Waals surface area (Å²) in [6.07, 6.45) is 1.16. The minimum atomic E-state index is -2.50. The van der Waals surface area contributed by atoms with Crippen LogP contribution < -0.4 is 29.2 Å². The van der Waals surface area contributed by atoms with Crippen LogP contribution in [-0.4, -0.2) is 81.9 Å². The largest absolute Gasteiger partial charge is 0.497 e. The number of amides is 3. The summed E-state index contributed by atoms with van der Waals surface area (Å²) in [6.45, 7) is 7.44. The first kappa shape index (κ1) is 37.7. The summed E-state index contributed by atoms with van der Waals surface area (Å²) in [5.41, 5.74) is 2.23. The first-order chi connectivity index (χ1) is 27.0. The van der Waals surface area contributed by atoms with E-state index in [1.165, 1.54) is 5.19 Å². The molecule has 0 unspecified atom stereocenters. The standard InChI is InChI=1S/C44H49N3O8Si/c1-28-42(56(4,5)34-19-16-32(52-2)17-20-34)39(24-40(49)45-22-8-9-31(45)26-48)55-44(28)35-23-33(53-3)18-21-36(35)46(43(44)51)25-29-12-14-30(15-13-29)47-37-10-6-7-11-38(37)54-27-41(47)50/h6-7,10-21,23,28,31,39,42,48H,8-9,22,24-27H2,1-5H3/t28-,31-,39+,42-,44+/m0/s1. The number of benzene rings is 4. The van der Waals surface area contributed by atoms with Crippen molar-refractivity contribution >= 4 is 48.0 Å². The lowest BCUT2D eigenvalue weighted by Gasteiger charge is -2.37. The highest BCUT2D eigenvalue weighted by Gasteiger charge is 2.66. The number of nitrogens with zero attached hydrogens (tertiary/aromatic N) is 3. The number of carbonyl (C=O) groups excluding carboxylic acids is 3. The minimum Gasteiger partial charge on any atom is -0.497 e. The second-order valence-corrected chi connectivity index (χ2v) is 20.5. The highest BCUT2D eigenvalue weighted by Crippen LogP contribution is 2.60. The number of para-hydroxylation sites is 2. The number of rotatable bonds is 10. The number of hydrogen-bond acceptors (Lipinski definition) is 8. The third-order valence-corrected chi connectivity index (χ3v) is 16.9. The highest BCUT2D eigenvalue weighted by molar-refractivity contribution is 6.91. The van der Waals surface area contributed by atoms with Gasteiger partial charge < -0.3 is 33.9 Å². The molecule has 0 bridgehead atoms. The topological polar surface area (TPSA) is 118 Å². The van der Waals surface area contributed by atoms with E-state index < -0.39 is 19.8 Å². The minimum absolute atomic E-state index is 0.0483. The number of hydrogen-bond donors (Lipinski definition) is 1. The van der Waals surface area contributed by atoms with Gasteiger partial charge >= 0.3 is 0 Å². The number of likely N-dealkylation sites (tertiary alicyclic amines) is 1. The van der Waals surface area contributed by atoms with E-state index in [0.717, 1.165) is 35.4 Å². The lowest BCUT2D eigenvalue weighted by Crippen LogP contribution is -2.52. The molecule has 3 amide bonds. The van der Waals surface area contributed by atoms with E-state index in [0.29, 0.717) is 29.4 Å². The van der Waals surface area contributed by atoms with Gasteiger partial charge in [-0.2, -0.15) is 0 Å². The van der Waals surface area contributed by atoms with E-state index in [4.69, 9.17) is 18.9 Å². The Labute approximate surface area is 328 Å². The van der Waals surface area contributed by atoms with Crippen LogP contribution in [-0.2, 0) is 31.3 Å². The molecule has 4 aromatic rings. The van der Waals surface area contributed by atoms with E-state index in [9.17, 15) is 14.7 Å². The summed E-state index contributed by atoms with van der Waals surface area (Å²) in [5.74, 6) is 1.31. The van der Waals surface area contributed by atoms with Crippen molar-refractivity contribution in [1.29, 1.82) is 0 Å². The van der Waals surface area contributed by atoms with Gasteiger partial charge in [0.05, 0.1) is 65.4 Å². The van der Waals surface area contributed by atoms with E-state index >= 15 is 4.79 Å². The van der Waals surface area contributed by atoms with Gasteiger partial charge in [0.1, 0.15) is 17.2 Å². The molecule has 5 atom stereocenters. The Hall–Kier alpha value is -5.17. The molecule has 4 aromatic carbocycles. The molecule has 11 nitrogen and oxygen atoms in total. The van der Waals surface area contributed by atoms with Gasteiger partial charge in [-0.3, -0.25) is 19.3 Å². The highest BCUT2D eigenvalue weighted by atomic mass is 28.3. The second-order valence-electron chi connectivity index (χ2n) is 15.9. The molecule has 292 valence electrons. The number of methoxy groups -OCH3 is 2. The summed E-state index contributed by atoms with van der Waals surface area (Å²) in [6, 6.07) is 28.8. The molecule has 4 aliphatic heterocycles. The lowest BCUT2D eigenvalue weighted by atomic mass is 9.82. The predicted molar refractivity (Wildman–Crippen MR) is 216 cm³/mol. The van der Waals surface area contributed by atoms with Gasteiger partial charge in [-0.05, 0) is 78.5 Å². The average molecular weight is 776 g/mol. The van der Waals surface area contributed by atoms with Crippen LogP contribution in [0.4, 0.5) is 17.1 Å². The van der Waals surface area contributed by atoms with Crippen molar-refractivity contribution in [3.63, 3.8) is 0 Å². The summed E-state index contributed by atoms with van der Waals surface area (Å²) in [7, 11) is 0.758. The normalized spacial score (nSPS) is 24.4. The third kappa shape index (κ3) is 6.14. The molecular weight excluding hydrogens is 727 g/mol. The molecule has 2 fully saturated rings. The summed E-state index contributed by atoms with van der Waals surface area (Å²) < 4.78 is 24.1. The van der Waals surface area contributed by atoms with Crippen LogP contribution in [0.25, 0.3) is 0 Å². The van der Waals surface area contributed by atoms with Crippen molar-refractivity contribution in [3.05, 3.63) is 102 Å². The molecule has 0 aromatic heterocycles. The molecule has 8 rings (SSSR count). The number of ether oxygens (including phenoxy) is 4. The molecule has 0 saturated carbocycles. The Kier molecular flexibility index (Phi) is 9.92. The zero-order chi connectivity index (χ0) is 39.4. The van der Waals surface area contributed by atoms with Gasteiger partial charge in [-0.25, -0.2) is 0 Å². The maximum atomic E-state index is 15.3. The van der Waals surface area contributed by atoms with Crippen LogP contribution in [0.5, 0.6) is 17.2 Å². The van der Waals surface area contributed by atoms with Crippen molar-refractivity contribution in [1.82, 2.24) is 4.90 Å². The maximum absolute atomic E-state index is 15.3. The molecule has 12 heteroatoms. The summed E-state index contributed by atoms with van der Waals surface area (Å²) in [4.78, 5) is 47.7. The molecule has 4 aliphatic rings. The van der Waals surface area contributed by atoms with E-state index in [1.54, 1.807) is 28.9 Å². The van der Waals surface area contributed by atoms with Crippen LogP contribution in [0.3, 0.4) is 0 Å². The van der Waals surface area contributed by atoms with Crippen molar-refractivity contribution in [2.24, 2.45) is 5.92 Å². The lowest BCUT2D eigenvalue weighted by molar-refractivity contribution is -0.150. The van der Waals surface area contributed by atoms with Crippen molar-refractivity contribution in [3.8, 4) is 17.2 Å². The maximum Gasteiger partial charge on any atom is 0.269 e. The van der Waals surface area contributed by atoms with Crippen molar-refractivity contribution in [2.75, 3.05) is 43.8 Å². The van der Waals surface area contributed by atoms with Crippen LogP contribution in [0.1, 0.15) is 37.3 Å². The first-order valence-electron chi connectivity index (χ1n) is 19.4. The Morgan fingerprint density at radius 2 is 1.64 bits per heavy atom. The SMILES string of the molecule is COc1ccc([Si](C)(C)[C@@H]2[C@@H](CC(=O)N3CCC[C@H]3CO)O[C@]3(C(=O)N(Cc4ccc(N5C(=O)COc6ccccc65)cc4)c4ccc(OC)cc43)[C@H]2C)cc1. The zero-order valence-corrected chi connectivity index (χ0v) is 33.6. The Balaban J connectivity index is 1.16. The number of aliphatic hydroxyl groups excluding tert-OH is 1. The second kappa shape index (κ2) is 14.7. The molecular formula is C44H49N3O8Si. The predicted octanol–water partition coefficient (Wildman–Crippen LogP) is 5.90. The molecule has 1 N–H and O–H groups in total. The Morgan fingerprint density at radius 1 is 0.929 bits per heavy atom. The van der Waals surface area contributed by atoms with Gasteiger partial charge in [-0.1, -0.05) is 61.6 Å². The van der Waals surface area contributed by atoms with Crippen molar-refractivity contribution in [2.45, 2.75) is 69.1 Å². The monoisotopic (exact) mass is 775 g/mol. The molecule has 0 aliphatic carbocycles. The van der Waals surface area contributed by atoms with Crippen LogP contribution in [0.15, 0.2) is 91.0 Å². The van der Waals surface area contributed by atoms with Crippen LogP contribution >= 0.6 is 0 Å². The fourth-order valence-corrected chi connectivity index (χ4v) is 13.7. The molecule has 56 heavy (non-hydrogen) atoms. The Bertz CT molecular complexity index is 2140. The molecule has 4 heterocycles. The van der Waals surface area contributed by atoms with Crippen molar-refractivity contribution < 1.29 is 38.4 Å². The molecule has 2 saturated heterocycles. The smallest absolute Gasteiger partial charge is 0.269 e. The van der Waals surface area contributed by atoms with Gasteiger partial charge in [0.15, 0.2) is 12.2 Å². The van der Waals surface area contributed by atoms with E-state index in [1.807, 2.05) is 78.9 Å². The van der Waals surface area contributed by atoms with E-state index in [2.05, 4.69) is 32.2 Å². The fourth-order valence-electron chi connectivity index (χ4n) is 9.74. The summed E-state index contributed by atoms with van der Waals surface area (Å²) in [5, 5.41) is 11.3. The number of anilines is 3. The van der Waals surface area contributed by atoms with Crippen LogP contribution in [0.2, 0.25) is 18.6 Å². The average Bonchev–Trinajstić information content (AvgIpc) is 3.88. The van der Waals surface area contributed by atoms with Gasteiger partial charge in [0.25, 0.3) is 11.8 Å². The molecule has 0 radical (unpaired) electrons. The fraction of sp³-hybridized carbons (Fsp3) is 0.386. The first-order valence-corrected chi connectivity index (χ1v) is 22.5. The van der Waals surface area contributed by atoms with Crippen LogP contribution in [0, 0.1) is 5.92 Å². The van der Waals surface area contributed by atoms with E-state index in [-0.39, 0.29) is 61.4 Å². The molecule has 1 spiro atoms. The number of aliphatic hydroxyl groups is 1. The van der Waals surface area contributed by atoms with Gasteiger partial charge in [0.2, 0.25) is 5.91 Å². The summed E-state index contributed by atoms with van der Waals surface area (Å²) >= 11 is 0. The third-order valence-electron chi connectivity index (χ3n) is 12.6. The quantitative estimate of drug-likeness (QED) is 0.198. The number of carbonyl (C=O) groups is 3. The van der Waals surface area contributed by atoms with Gasteiger partial charge in [0, 0.05) is 23.7 Å². The zero-order valence-electron chi connectivity index (χ0n) is 32.6. The Morgan fingerprint density at radius 3 is 2.36 bits per heavy atom.